The predicted octanol–water partition coefficient (Wildman–Crippen LogP) is 2.10. The van der Waals surface area contributed by atoms with Crippen LogP contribution >= 0.6 is 0 Å². The minimum atomic E-state index is 1.13. The molecule has 0 bridgehead atoms. The number of rotatable bonds is 3. The van der Waals surface area contributed by atoms with Gasteiger partial charge in [0.15, 0.2) is 0 Å². The lowest BCUT2D eigenvalue weighted by atomic mass is 10.1. The summed E-state index contributed by atoms with van der Waals surface area (Å²) in [5.74, 6) is 0. The smallest absolute Gasteiger partial charge is 0.0167 e. The minimum absolute atomic E-state index is 1.13. The van der Waals surface area contributed by atoms with Gasteiger partial charge in [-0.05, 0) is 12.0 Å². The van der Waals surface area contributed by atoms with E-state index in [9.17, 15) is 0 Å². The zero-order valence-corrected chi connectivity index (χ0v) is 7.82. The highest BCUT2D eigenvalue weighted by molar-refractivity contribution is 5.15. The Labute approximate surface area is 79.7 Å². The van der Waals surface area contributed by atoms with Crippen molar-refractivity contribution in [1.29, 1.82) is 0 Å². The molecule has 0 fully saturated rings. The quantitative estimate of drug-likeness (QED) is 0.633. The lowest BCUT2D eigenvalue weighted by molar-refractivity contribution is 0.357. The van der Waals surface area contributed by atoms with E-state index in [1.807, 2.05) is 0 Å². The third kappa shape index (κ3) is 2.43. The van der Waals surface area contributed by atoms with Gasteiger partial charge in [-0.1, -0.05) is 42.5 Å². The lowest BCUT2D eigenvalue weighted by Crippen LogP contribution is -2.22. The van der Waals surface area contributed by atoms with Crippen LogP contribution in [0.25, 0.3) is 0 Å². The van der Waals surface area contributed by atoms with E-state index in [-0.39, 0.29) is 0 Å². The third-order valence-electron chi connectivity index (χ3n) is 2.45. The Morgan fingerprint density at radius 3 is 2.38 bits per heavy atom. The number of hydrogen-bond acceptors (Lipinski definition) is 1. The van der Waals surface area contributed by atoms with Crippen molar-refractivity contribution < 1.29 is 0 Å². The molecule has 2 rings (SSSR count). The molecule has 0 spiro atoms. The highest BCUT2D eigenvalue weighted by Crippen LogP contribution is 2.03. The van der Waals surface area contributed by atoms with E-state index >= 15 is 0 Å². The molecule has 1 aliphatic rings. The molecule has 0 radical (unpaired) electrons. The molecule has 0 saturated carbocycles. The predicted molar refractivity (Wildman–Crippen MR) is 55.7 cm³/mol. The Bertz CT molecular complexity index is 268. The molecule has 0 amide bonds. The number of nitrogens with zero attached hydrogens (tertiary/aromatic N) is 1. The number of benzene rings is 1. The van der Waals surface area contributed by atoms with Gasteiger partial charge in [-0.3, -0.25) is 4.90 Å². The van der Waals surface area contributed by atoms with E-state index in [4.69, 9.17) is 0 Å². The van der Waals surface area contributed by atoms with E-state index in [0.29, 0.717) is 0 Å². The van der Waals surface area contributed by atoms with Gasteiger partial charge in [0, 0.05) is 19.6 Å². The second-order valence-electron chi connectivity index (χ2n) is 3.47. The fourth-order valence-electron chi connectivity index (χ4n) is 1.64. The van der Waals surface area contributed by atoms with Crippen LogP contribution in [0.15, 0.2) is 42.5 Å². The van der Waals surface area contributed by atoms with E-state index < -0.39 is 0 Å². The monoisotopic (exact) mass is 173 g/mol. The average Bonchev–Trinajstić information content (AvgIpc) is 2.69. The van der Waals surface area contributed by atoms with Crippen LogP contribution in [0.2, 0.25) is 0 Å². The summed E-state index contributed by atoms with van der Waals surface area (Å²) in [6, 6.07) is 10.7. The van der Waals surface area contributed by atoms with Crippen molar-refractivity contribution in [3.8, 4) is 0 Å². The van der Waals surface area contributed by atoms with Crippen molar-refractivity contribution in [2.24, 2.45) is 0 Å². The first-order valence-electron chi connectivity index (χ1n) is 4.86. The third-order valence-corrected chi connectivity index (χ3v) is 2.45. The summed E-state index contributed by atoms with van der Waals surface area (Å²) in [6.45, 7) is 3.44. The largest absolute Gasteiger partial charge is 0.296 e. The first-order valence-corrected chi connectivity index (χ1v) is 4.86. The fourth-order valence-corrected chi connectivity index (χ4v) is 1.64. The highest BCUT2D eigenvalue weighted by Gasteiger charge is 2.04. The highest BCUT2D eigenvalue weighted by atomic mass is 15.1. The van der Waals surface area contributed by atoms with E-state index in [1.54, 1.807) is 0 Å². The molecule has 0 aliphatic carbocycles. The van der Waals surface area contributed by atoms with Crippen molar-refractivity contribution in [3.05, 3.63) is 48.0 Å². The molecule has 68 valence electrons. The van der Waals surface area contributed by atoms with Gasteiger partial charge in [0.2, 0.25) is 0 Å². The van der Waals surface area contributed by atoms with Crippen molar-refractivity contribution in [3.63, 3.8) is 0 Å². The Kier molecular flexibility index (Phi) is 2.78. The Balaban J connectivity index is 1.80. The lowest BCUT2D eigenvalue weighted by Gasteiger charge is -2.13. The van der Waals surface area contributed by atoms with Gasteiger partial charge < -0.3 is 0 Å². The van der Waals surface area contributed by atoms with Crippen LogP contribution in [0.3, 0.4) is 0 Å². The molecule has 13 heavy (non-hydrogen) atoms. The van der Waals surface area contributed by atoms with Crippen LogP contribution in [0, 0.1) is 0 Å². The summed E-state index contributed by atoms with van der Waals surface area (Å²) in [5, 5.41) is 0. The van der Waals surface area contributed by atoms with Gasteiger partial charge in [0.1, 0.15) is 0 Å². The maximum atomic E-state index is 2.45. The first kappa shape index (κ1) is 8.52. The van der Waals surface area contributed by atoms with E-state index in [0.717, 1.165) is 13.1 Å². The first-order chi connectivity index (χ1) is 6.45. The van der Waals surface area contributed by atoms with Crippen molar-refractivity contribution >= 4 is 0 Å². The van der Waals surface area contributed by atoms with Crippen LogP contribution < -0.4 is 0 Å². The summed E-state index contributed by atoms with van der Waals surface area (Å²) >= 11 is 0. The number of hydrogen-bond donors (Lipinski definition) is 0. The summed E-state index contributed by atoms with van der Waals surface area (Å²) < 4.78 is 0. The van der Waals surface area contributed by atoms with Gasteiger partial charge in [-0.15, -0.1) is 0 Å². The molecule has 1 aliphatic heterocycles. The Morgan fingerprint density at radius 2 is 1.69 bits per heavy atom. The zero-order valence-electron chi connectivity index (χ0n) is 7.82. The standard InChI is InChI=1S/C12H15N/c1-2-6-12(7-3-1)8-11-13-9-4-5-10-13/h1-7H,8-11H2. The SMILES string of the molecule is C1=CCN(CCc2ccccc2)C1. The minimum Gasteiger partial charge on any atom is -0.296 e. The summed E-state index contributed by atoms with van der Waals surface area (Å²) in [4.78, 5) is 2.45. The average molecular weight is 173 g/mol. The molecule has 1 heteroatoms. The van der Waals surface area contributed by atoms with Crippen LogP contribution in [-0.2, 0) is 6.42 Å². The molecular formula is C12H15N. The summed E-state index contributed by atoms with van der Waals surface area (Å²) in [5.41, 5.74) is 1.44. The topological polar surface area (TPSA) is 3.24 Å². The molecule has 0 saturated heterocycles. The molecule has 1 aromatic rings. The van der Waals surface area contributed by atoms with Crippen LogP contribution in [-0.4, -0.2) is 24.5 Å². The van der Waals surface area contributed by atoms with Crippen molar-refractivity contribution in [2.45, 2.75) is 6.42 Å². The molecular weight excluding hydrogens is 158 g/mol. The molecule has 1 aromatic carbocycles. The fraction of sp³-hybridized carbons (Fsp3) is 0.333. The molecule has 0 unspecified atom stereocenters. The van der Waals surface area contributed by atoms with Gasteiger partial charge in [-0.25, -0.2) is 0 Å². The maximum absolute atomic E-state index is 2.45. The van der Waals surface area contributed by atoms with E-state index in [1.165, 1.54) is 18.5 Å². The van der Waals surface area contributed by atoms with Crippen molar-refractivity contribution in [1.82, 2.24) is 4.90 Å². The van der Waals surface area contributed by atoms with Gasteiger partial charge in [0.25, 0.3) is 0 Å². The summed E-state index contributed by atoms with van der Waals surface area (Å²) in [6.07, 6.45) is 5.65. The molecule has 1 heterocycles. The molecule has 0 aromatic heterocycles. The van der Waals surface area contributed by atoms with Crippen LogP contribution in [0.1, 0.15) is 5.56 Å². The zero-order chi connectivity index (χ0) is 8.93. The molecule has 0 N–H and O–H groups in total. The van der Waals surface area contributed by atoms with Crippen LogP contribution in [0.5, 0.6) is 0 Å². The Hall–Kier alpha value is -1.08. The molecule has 1 nitrogen and oxygen atoms in total. The van der Waals surface area contributed by atoms with Gasteiger partial charge in [-0.2, -0.15) is 0 Å². The van der Waals surface area contributed by atoms with Gasteiger partial charge >= 0.3 is 0 Å². The maximum Gasteiger partial charge on any atom is 0.0167 e. The van der Waals surface area contributed by atoms with Crippen LogP contribution in [0.4, 0.5) is 0 Å². The second kappa shape index (κ2) is 4.24. The Morgan fingerprint density at radius 1 is 1.00 bits per heavy atom. The molecule has 0 atom stereocenters. The second-order valence-corrected chi connectivity index (χ2v) is 3.47. The summed E-state index contributed by atoms with van der Waals surface area (Å²) in [7, 11) is 0. The van der Waals surface area contributed by atoms with E-state index in [2.05, 4.69) is 47.4 Å². The van der Waals surface area contributed by atoms with Crippen molar-refractivity contribution in [2.75, 3.05) is 19.6 Å². The van der Waals surface area contributed by atoms with Gasteiger partial charge in [0.05, 0.1) is 0 Å². The normalized spacial score (nSPS) is 16.6.